The van der Waals surface area contributed by atoms with Crippen molar-refractivity contribution in [3.8, 4) is 0 Å². The Bertz CT molecular complexity index is 605. The third-order valence-electron chi connectivity index (χ3n) is 3.94. The average Bonchev–Trinajstić information content (AvgIpc) is 2.59. The molecule has 0 saturated carbocycles. The van der Waals surface area contributed by atoms with Gasteiger partial charge in [-0.25, -0.2) is 0 Å². The number of carbonyl (C=O) groups excluding carboxylic acids is 2. The van der Waals surface area contributed by atoms with E-state index in [2.05, 4.69) is 5.32 Å². The fourth-order valence-corrected chi connectivity index (χ4v) is 2.50. The Labute approximate surface area is 155 Å². The van der Waals surface area contributed by atoms with Gasteiger partial charge in [-0.1, -0.05) is 0 Å². The number of nitrogens with two attached hydrogens (primary N) is 1. The highest BCUT2D eigenvalue weighted by Crippen LogP contribution is 2.19. The van der Waals surface area contributed by atoms with Gasteiger partial charge < -0.3 is 21.1 Å². The van der Waals surface area contributed by atoms with E-state index >= 15 is 0 Å². The second-order valence-electron chi connectivity index (χ2n) is 5.84. The van der Waals surface area contributed by atoms with Gasteiger partial charge in [-0.2, -0.15) is 13.2 Å². The lowest BCUT2D eigenvalue weighted by Crippen LogP contribution is -2.44. The molecule has 26 heavy (non-hydrogen) atoms. The summed E-state index contributed by atoms with van der Waals surface area (Å²) < 4.78 is 41.5. The summed E-state index contributed by atoms with van der Waals surface area (Å²) in [5, 5.41) is 4.42. The number of anilines is 1. The average molecular weight is 396 g/mol. The Balaban J connectivity index is 0.00000338. The molecule has 0 spiro atoms. The zero-order valence-corrected chi connectivity index (χ0v) is 14.7. The summed E-state index contributed by atoms with van der Waals surface area (Å²) in [6, 6.07) is 4.88. The highest BCUT2D eigenvalue weighted by Gasteiger charge is 2.28. The topological polar surface area (TPSA) is 93.5 Å². The maximum atomic E-state index is 12.2. The van der Waals surface area contributed by atoms with Gasteiger partial charge in [0.2, 0.25) is 5.91 Å². The molecule has 0 bridgehead atoms. The lowest BCUT2D eigenvalue weighted by molar-refractivity contribution is -0.123. The molecule has 0 aromatic heterocycles. The summed E-state index contributed by atoms with van der Waals surface area (Å²) in [7, 11) is 0. The predicted octanol–water partition coefficient (Wildman–Crippen LogP) is 2.09. The van der Waals surface area contributed by atoms with Crippen molar-refractivity contribution in [2.24, 2.45) is 11.7 Å². The van der Waals surface area contributed by atoms with E-state index in [0.717, 1.165) is 0 Å². The van der Waals surface area contributed by atoms with E-state index in [9.17, 15) is 22.8 Å². The van der Waals surface area contributed by atoms with Gasteiger partial charge in [0, 0.05) is 24.5 Å². The smallest absolute Gasteiger partial charge is 0.381 e. The number of amides is 2. The first-order chi connectivity index (χ1) is 11.8. The molecule has 1 unspecified atom stereocenters. The van der Waals surface area contributed by atoms with Crippen LogP contribution in [0, 0.1) is 5.92 Å². The van der Waals surface area contributed by atoms with Crippen LogP contribution in [0.1, 0.15) is 23.2 Å². The van der Waals surface area contributed by atoms with Gasteiger partial charge in [-0.15, -0.1) is 12.4 Å². The van der Waals surface area contributed by atoms with Gasteiger partial charge in [0.05, 0.1) is 6.04 Å². The molecule has 1 aliphatic rings. The van der Waals surface area contributed by atoms with Crippen molar-refractivity contribution >= 4 is 29.9 Å². The van der Waals surface area contributed by atoms with Gasteiger partial charge >= 0.3 is 6.18 Å². The van der Waals surface area contributed by atoms with E-state index in [0.29, 0.717) is 31.7 Å². The Kier molecular flexibility index (Phi) is 8.32. The van der Waals surface area contributed by atoms with Crippen LogP contribution < -0.4 is 16.4 Å². The molecular formula is C16H21ClF3N3O3. The first-order valence-electron chi connectivity index (χ1n) is 7.85. The van der Waals surface area contributed by atoms with Crippen molar-refractivity contribution in [1.29, 1.82) is 0 Å². The van der Waals surface area contributed by atoms with Crippen molar-refractivity contribution in [2.75, 3.05) is 25.1 Å². The van der Waals surface area contributed by atoms with Crippen LogP contribution in [0.3, 0.4) is 0 Å². The molecule has 1 heterocycles. The number of hydrogen-bond donors (Lipinski definition) is 3. The Morgan fingerprint density at radius 2 is 1.77 bits per heavy atom. The van der Waals surface area contributed by atoms with Crippen LogP contribution in [0.5, 0.6) is 0 Å². The number of carbonyl (C=O) groups is 2. The predicted molar refractivity (Wildman–Crippen MR) is 92.2 cm³/mol. The zero-order chi connectivity index (χ0) is 18.4. The van der Waals surface area contributed by atoms with Crippen LogP contribution in [-0.4, -0.2) is 43.8 Å². The Morgan fingerprint density at radius 3 is 2.31 bits per heavy atom. The second kappa shape index (κ2) is 9.75. The molecule has 1 atom stereocenters. The number of alkyl halides is 3. The Morgan fingerprint density at radius 1 is 1.19 bits per heavy atom. The molecule has 1 aromatic rings. The molecule has 0 radical (unpaired) electrons. The molecule has 4 N–H and O–H groups in total. The molecule has 6 nitrogen and oxygen atoms in total. The molecule has 146 valence electrons. The molecular weight excluding hydrogens is 375 g/mol. The van der Waals surface area contributed by atoms with Crippen molar-refractivity contribution in [3.63, 3.8) is 0 Å². The largest absolute Gasteiger partial charge is 0.405 e. The van der Waals surface area contributed by atoms with Gasteiger partial charge in [0.15, 0.2) is 0 Å². The summed E-state index contributed by atoms with van der Waals surface area (Å²) >= 11 is 0. The van der Waals surface area contributed by atoms with Gasteiger partial charge in [0.25, 0.3) is 5.91 Å². The summed E-state index contributed by atoms with van der Waals surface area (Å²) in [6.45, 7) is -0.245. The molecule has 0 aliphatic carbocycles. The fraction of sp³-hybridized carbons (Fsp3) is 0.500. The molecule has 10 heteroatoms. The van der Waals surface area contributed by atoms with Gasteiger partial charge in [-0.3, -0.25) is 9.59 Å². The molecule has 1 aromatic carbocycles. The quantitative estimate of drug-likeness (QED) is 0.711. The maximum Gasteiger partial charge on any atom is 0.405 e. The van der Waals surface area contributed by atoms with E-state index < -0.39 is 24.7 Å². The molecule has 1 fully saturated rings. The summed E-state index contributed by atoms with van der Waals surface area (Å²) in [4.78, 5) is 23.8. The summed E-state index contributed by atoms with van der Waals surface area (Å²) in [6.07, 6.45) is -3.04. The van der Waals surface area contributed by atoms with Gasteiger partial charge in [0.1, 0.15) is 6.54 Å². The lowest BCUT2D eigenvalue weighted by atomic mass is 9.92. The van der Waals surface area contributed by atoms with Crippen LogP contribution >= 0.6 is 12.4 Å². The SMILES string of the molecule is Cl.NC(C(=O)Nc1ccc(C(=O)NCC(F)(F)F)cc1)C1CCOCC1. The monoisotopic (exact) mass is 395 g/mol. The summed E-state index contributed by atoms with van der Waals surface area (Å²) in [5.74, 6) is -1.14. The van der Waals surface area contributed by atoms with Crippen molar-refractivity contribution in [1.82, 2.24) is 5.32 Å². The minimum atomic E-state index is -4.47. The minimum Gasteiger partial charge on any atom is -0.381 e. The molecule has 1 saturated heterocycles. The Hall–Kier alpha value is -1.84. The number of halogens is 4. The molecule has 2 amide bonds. The van der Waals surface area contributed by atoms with E-state index in [1.165, 1.54) is 24.3 Å². The summed E-state index contributed by atoms with van der Waals surface area (Å²) in [5.41, 5.74) is 6.44. The first kappa shape index (κ1) is 22.2. The molecule has 1 aliphatic heterocycles. The van der Waals surface area contributed by atoms with Crippen LogP contribution in [0.25, 0.3) is 0 Å². The number of nitrogens with one attached hydrogen (secondary N) is 2. The standard InChI is InChI=1S/C16H20F3N3O3.ClH/c17-16(18,19)9-21-14(23)11-1-3-12(4-2-11)22-15(24)13(20)10-5-7-25-8-6-10;/h1-4,10,13H,5-9,20H2,(H,21,23)(H,22,24);1H. The van der Waals surface area contributed by atoms with E-state index in [4.69, 9.17) is 10.5 Å². The lowest BCUT2D eigenvalue weighted by Gasteiger charge is -2.26. The van der Waals surface area contributed by atoms with Crippen LogP contribution in [0.4, 0.5) is 18.9 Å². The van der Waals surface area contributed by atoms with Crippen LogP contribution in [0.15, 0.2) is 24.3 Å². The second-order valence-corrected chi connectivity index (χ2v) is 5.84. The van der Waals surface area contributed by atoms with Crippen molar-refractivity contribution in [3.05, 3.63) is 29.8 Å². The van der Waals surface area contributed by atoms with Crippen LogP contribution in [-0.2, 0) is 9.53 Å². The van der Waals surface area contributed by atoms with E-state index in [1.54, 1.807) is 5.32 Å². The van der Waals surface area contributed by atoms with E-state index in [-0.39, 0.29) is 29.8 Å². The number of rotatable bonds is 5. The third-order valence-corrected chi connectivity index (χ3v) is 3.94. The minimum absolute atomic E-state index is 0. The maximum absolute atomic E-state index is 12.2. The molecule has 2 rings (SSSR count). The number of benzene rings is 1. The highest BCUT2D eigenvalue weighted by molar-refractivity contribution is 5.97. The zero-order valence-electron chi connectivity index (χ0n) is 13.8. The first-order valence-corrected chi connectivity index (χ1v) is 7.85. The third kappa shape index (κ3) is 6.81. The van der Waals surface area contributed by atoms with Gasteiger partial charge in [-0.05, 0) is 43.0 Å². The number of hydrogen-bond acceptors (Lipinski definition) is 4. The van der Waals surface area contributed by atoms with E-state index in [1.807, 2.05) is 0 Å². The van der Waals surface area contributed by atoms with Crippen molar-refractivity contribution in [2.45, 2.75) is 25.1 Å². The highest BCUT2D eigenvalue weighted by atomic mass is 35.5. The number of ether oxygens (including phenoxy) is 1. The normalized spacial score (nSPS) is 16.3. The fourth-order valence-electron chi connectivity index (χ4n) is 2.50. The van der Waals surface area contributed by atoms with Crippen LogP contribution in [0.2, 0.25) is 0 Å². The van der Waals surface area contributed by atoms with Crippen molar-refractivity contribution < 1.29 is 27.5 Å².